The summed E-state index contributed by atoms with van der Waals surface area (Å²) < 4.78 is 21.2. The molecule has 0 spiro atoms. The van der Waals surface area contributed by atoms with Crippen LogP contribution in [0.5, 0.6) is 0 Å². The third-order valence-electron chi connectivity index (χ3n) is 5.53. The molecule has 0 aliphatic carbocycles. The summed E-state index contributed by atoms with van der Waals surface area (Å²) in [4.78, 5) is 38.4. The molecule has 1 saturated heterocycles. The molecule has 1 aliphatic heterocycles. The first-order valence-corrected chi connectivity index (χ1v) is 12.4. The second kappa shape index (κ2) is 10.5. The lowest BCUT2D eigenvalue weighted by molar-refractivity contribution is -0.122. The van der Waals surface area contributed by atoms with Crippen molar-refractivity contribution in [3.8, 4) is 11.3 Å². The van der Waals surface area contributed by atoms with Gasteiger partial charge in [0.2, 0.25) is 0 Å². The average Bonchev–Trinajstić information content (AvgIpc) is 3.57. The number of thioether (sulfide) groups is 1. The Morgan fingerprint density at radius 3 is 2.46 bits per heavy atom. The Balaban J connectivity index is 1.24. The molecule has 1 fully saturated rings. The minimum Gasteiger partial charge on any atom is -0.457 e. The standard InChI is InChI=1S/C27H19NO7S2/c1-16-22(35-27(31)33-16)15-32-25(30)19-9-7-18(8-10-19)21-12-11-20(34-21)13-23-24(29)28(26(36)37-23)14-17-5-3-2-4-6-17/h2-13H,14-15H2,1H3/b23-13+. The molecular formula is C27H19NO7S2. The van der Waals surface area contributed by atoms with E-state index in [4.69, 9.17) is 30.2 Å². The third-order valence-corrected chi connectivity index (χ3v) is 6.91. The van der Waals surface area contributed by atoms with Gasteiger partial charge in [0, 0.05) is 11.6 Å². The number of esters is 1. The molecule has 186 valence electrons. The Labute approximate surface area is 220 Å². The van der Waals surface area contributed by atoms with Crippen LogP contribution in [0.1, 0.15) is 33.2 Å². The van der Waals surface area contributed by atoms with Gasteiger partial charge < -0.3 is 18.0 Å². The van der Waals surface area contributed by atoms with Crippen LogP contribution >= 0.6 is 24.0 Å². The highest BCUT2D eigenvalue weighted by molar-refractivity contribution is 8.26. The van der Waals surface area contributed by atoms with Gasteiger partial charge in [0.15, 0.2) is 18.1 Å². The Kier molecular flexibility index (Phi) is 6.93. The van der Waals surface area contributed by atoms with E-state index < -0.39 is 11.8 Å². The van der Waals surface area contributed by atoms with E-state index in [1.54, 1.807) is 54.3 Å². The molecule has 4 aromatic rings. The zero-order valence-electron chi connectivity index (χ0n) is 19.5. The number of ether oxygens (including phenoxy) is 1. The smallest absolute Gasteiger partial charge is 0.457 e. The highest BCUT2D eigenvalue weighted by atomic mass is 32.2. The van der Waals surface area contributed by atoms with Gasteiger partial charge in [0.05, 0.1) is 17.0 Å². The van der Waals surface area contributed by atoms with Crippen molar-refractivity contribution in [1.82, 2.24) is 4.90 Å². The summed E-state index contributed by atoms with van der Waals surface area (Å²) in [6, 6.07) is 19.9. The van der Waals surface area contributed by atoms with E-state index in [1.807, 2.05) is 30.3 Å². The first-order chi connectivity index (χ1) is 17.9. The lowest BCUT2D eigenvalue weighted by atomic mass is 10.1. The molecule has 0 saturated carbocycles. The van der Waals surface area contributed by atoms with Crippen molar-refractivity contribution < 1.29 is 27.6 Å². The molecule has 1 aliphatic rings. The monoisotopic (exact) mass is 533 g/mol. The number of aryl methyl sites for hydroxylation is 1. The normalized spacial score (nSPS) is 14.5. The third kappa shape index (κ3) is 5.50. The van der Waals surface area contributed by atoms with Crippen LogP contribution in [-0.4, -0.2) is 21.1 Å². The molecule has 5 rings (SSSR count). The maximum atomic E-state index is 12.9. The van der Waals surface area contributed by atoms with Crippen molar-refractivity contribution in [1.29, 1.82) is 0 Å². The van der Waals surface area contributed by atoms with E-state index in [1.165, 1.54) is 11.8 Å². The first-order valence-electron chi connectivity index (χ1n) is 11.1. The van der Waals surface area contributed by atoms with Crippen molar-refractivity contribution in [2.45, 2.75) is 20.1 Å². The molecule has 0 atom stereocenters. The number of thiocarbonyl (C=S) groups is 1. The number of rotatable bonds is 7. The Morgan fingerprint density at radius 2 is 1.76 bits per heavy atom. The van der Waals surface area contributed by atoms with Crippen LogP contribution in [0, 0.1) is 6.92 Å². The molecular weight excluding hydrogens is 514 g/mol. The van der Waals surface area contributed by atoms with Crippen molar-refractivity contribution in [2.24, 2.45) is 0 Å². The van der Waals surface area contributed by atoms with Gasteiger partial charge in [-0.3, -0.25) is 9.69 Å². The minimum atomic E-state index is -0.843. The van der Waals surface area contributed by atoms with Crippen molar-refractivity contribution in [2.75, 3.05) is 0 Å². The molecule has 8 nitrogen and oxygen atoms in total. The molecule has 2 aromatic heterocycles. The maximum absolute atomic E-state index is 12.9. The van der Waals surface area contributed by atoms with Crippen LogP contribution in [0.2, 0.25) is 0 Å². The fourth-order valence-corrected chi connectivity index (χ4v) is 4.84. The Hall–Kier alpha value is -4.15. The van der Waals surface area contributed by atoms with E-state index in [0.29, 0.717) is 32.9 Å². The topological polar surface area (TPSA) is 103 Å². The van der Waals surface area contributed by atoms with Gasteiger partial charge in [0.1, 0.15) is 15.8 Å². The van der Waals surface area contributed by atoms with Crippen molar-refractivity contribution in [3.05, 3.63) is 111 Å². The van der Waals surface area contributed by atoms with Gasteiger partial charge in [-0.15, -0.1) is 0 Å². The van der Waals surface area contributed by atoms with E-state index in [9.17, 15) is 14.4 Å². The number of carbonyl (C=O) groups excluding carboxylic acids is 2. The second-order valence-electron chi connectivity index (χ2n) is 8.04. The molecule has 0 unspecified atom stereocenters. The number of nitrogens with zero attached hydrogens (tertiary/aromatic N) is 1. The van der Waals surface area contributed by atoms with Gasteiger partial charge in [0.25, 0.3) is 5.91 Å². The quantitative estimate of drug-likeness (QED) is 0.172. The number of hydrogen-bond acceptors (Lipinski definition) is 9. The van der Waals surface area contributed by atoms with E-state index in [-0.39, 0.29) is 24.0 Å². The number of carbonyl (C=O) groups is 2. The van der Waals surface area contributed by atoms with Crippen LogP contribution in [0.15, 0.2) is 89.7 Å². The van der Waals surface area contributed by atoms with E-state index in [2.05, 4.69) is 0 Å². The minimum absolute atomic E-state index is 0.162. The maximum Gasteiger partial charge on any atom is 0.519 e. The summed E-state index contributed by atoms with van der Waals surface area (Å²) in [5, 5.41) is 0. The Morgan fingerprint density at radius 1 is 1.00 bits per heavy atom. The summed E-state index contributed by atoms with van der Waals surface area (Å²) in [7, 11) is 0. The summed E-state index contributed by atoms with van der Waals surface area (Å²) >= 11 is 6.65. The highest BCUT2D eigenvalue weighted by Crippen LogP contribution is 2.34. The molecule has 0 N–H and O–H groups in total. The Bertz CT molecular complexity index is 1560. The highest BCUT2D eigenvalue weighted by Gasteiger charge is 2.32. The van der Waals surface area contributed by atoms with Gasteiger partial charge in [-0.25, -0.2) is 9.59 Å². The summed E-state index contributed by atoms with van der Waals surface area (Å²) in [5.74, 6) is -0.0749. The van der Waals surface area contributed by atoms with Crippen LogP contribution in [0.25, 0.3) is 17.4 Å². The molecule has 0 bridgehead atoms. The summed E-state index contributed by atoms with van der Waals surface area (Å²) in [6.45, 7) is 1.75. The fraction of sp³-hybridized carbons (Fsp3) is 0.111. The molecule has 0 radical (unpaired) electrons. The van der Waals surface area contributed by atoms with E-state index >= 15 is 0 Å². The van der Waals surface area contributed by atoms with E-state index in [0.717, 1.165) is 11.1 Å². The zero-order valence-corrected chi connectivity index (χ0v) is 21.1. The van der Waals surface area contributed by atoms with Crippen molar-refractivity contribution >= 4 is 46.3 Å². The zero-order chi connectivity index (χ0) is 25.9. The van der Waals surface area contributed by atoms with Crippen molar-refractivity contribution in [3.63, 3.8) is 0 Å². The molecule has 37 heavy (non-hydrogen) atoms. The summed E-state index contributed by atoms with van der Waals surface area (Å²) in [5.41, 5.74) is 2.06. The largest absolute Gasteiger partial charge is 0.519 e. The van der Waals surface area contributed by atoms with Crippen LogP contribution in [0.3, 0.4) is 0 Å². The first kappa shape index (κ1) is 24.5. The van der Waals surface area contributed by atoms with Crippen LogP contribution in [-0.2, 0) is 22.7 Å². The van der Waals surface area contributed by atoms with Crippen LogP contribution < -0.4 is 5.82 Å². The second-order valence-corrected chi connectivity index (χ2v) is 9.72. The SMILES string of the molecule is Cc1oc(=O)oc1COC(=O)c1ccc(-c2ccc(/C=C3/SC(=S)N(Cc4ccccc4)C3=O)o2)cc1. The summed E-state index contributed by atoms with van der Waals surface area (Å²) in [6.07, 6.45) is 1.68. The van der Waals surface area contributed by atoms with Gasteiger partial charge >= 0.3 is 11.8 Å². The number of amides is 1. The fourth-order valence-electron chi connectivity index (χ4n) is 3.61. The predicted octanol–water partition coefficient (Wildman–Crippen LogP) is 5.56. The van der Waals surface area contributed by atoms with Gasteiger partial charge in [-0.05, 0) is 36.8 Å². The van der Waals surface area contributed by atoms with Crippen LogP contribution in [0.4, 0.5) is 0 Å². The van der Waals surface area contributed by atoms with Gasteiger partial charge in [-0.2, -0.15) is 0 Å². The lowest BCUT2D eigenvalue weighted by Gasteiger charge is -2.14. The molecule has 10 heteroatoms. The predicted molar refractivity (Wildman–Crippen MR) is 140 cm³/mol. The number of hydrogen-bond donors (Lipinski definition) is 0. The van der Waals surface area contributed by atoms with Gasteiger partial charge in [-0.1, -0.05) is 66.4 Å². The molecule has 3 heterocycles. The number of benzene rings is 2. The molecule has 2 aromatic carbocycles. The average molecular weight is 534 g/mol. The molecule has 1 amide bonds. The number of furan rings is 1. The lowest BCUT2D eigenvalue weighted by Crippen LogP contribution is -2.27.